The van der Waals surface area contributed by atoms with Crippen LogP contribution in [0.4, 0.5) is 4.39 Å². The van der Waals surface area contributed by atoms with Gasteiger partial charge < -0.3 is 9.32 Å². The summed E-state index contributed by atoms with van der Waals surface area (Å²) in [6.07, 6.45) is 6.53. The summed E-state index contributed by atoms with van der Waals surface area (Å²) in [6, 6.07) is 7.96. The van der Waals surface area contributed by atoms with Crippen LogP contribution in [-0.2, 0) is 13.5 Å². The number of hydrogen-bond donors (Lipinski definition) is 0. The van der Waals surface area contributed by atoms with Crippen molar-refractivity contribution in [3.63, 3.8) is 0 Å². The van der Waals surface area contributed by atoms with Crippen LogP contribution in [0.25, 0.3) is 0 Å². The number of benzene rings is 1. The van der Waals surface area contributed by atoms with Crippen LogP contribution in [-0.4, -0.2) is 32.1 Å². The lowest BCUT2D eigenvalue weighted by Crippen LogP contribution is -2.39. The summed E-state index contributed by atoms with van der Waals surface area (Å²) in [5, 5.41) is 4.09. The molecule has 0 unspecified atom stereocenters. The highest BCUT2D eigenvalue weighted by Crippen LogP contribution is 2.32. The number of nitrogens with zero attached hydrogens (tertiary/aromatic N) is 4. The number of aryl methyl sites for hydroxylation is 1. The van der Waals surface area contributed by atoms with Gasteiger partial charge in [0, 0.05) is 26.2 Å². The molecule has 1 fully saturated rings. The van der Waals surface area contributed by atoms with Gasteiger partial charge in [0.05, 0.1) is 6.20 Å². The Morgan fingerprint density at radius 2 is 2.22 bits per heavy atom. The predicted octanol–water partition coefficient (Wildman–Crippen LogP) is 3.51. The molecule has 4 rings (SSSR count). The molecule has 1 saturated heterocycles. The number of oxazole rings is 1. The molecule has 0 bridgehead atoms. The number of rotatable bonds is 4. The molecule has 0 saturated carbocycles. The molecule has 0 radical (unpaired) electrons. The van der Waals surface area contributed by atoms with E-state index in [0.717, 1.165) is 24.8 Å². The van der Waals surface area contributed by atoms with Crippen molar-refractivity contribution < 1.29 is 13.6 Å². The van der Waals surface area contributed by atoms with Crippen LogP contribution in [0.3, 0.4) is 0 Å². The van der Waals surface area contributed by atoms with Crippen molar-refractivity contribution in [1.29, 1.82) is 0 Å². The summed E-state index contributed by atoms with van der Waals surface area (Å²) < 4.78 is 20.9. The molecule has 0 N–H and O–H groups in total. The second-order valence-corrected chi connectivity index (χ2v) is 6.82. The van der Waals surface area contributed by atoms with Gasteiger partial charge in [-0.05, 0) is 43.0 Å². The first kappa shape index (κ1) is 17.5. The molecule has 1 aromatic carbocycles. The van der Waals surface area contributed by atoms with E-state index < -0.39 is 0 Å². The number of carbonyl (C=O) groups excluding carboxylic acids is 1. The Morgan fingerprint density at radius 3 is 3.00 bits per heavy atom. The molecule has 3 heterocycles. The highest BCUT2D eigenvalue weighted by Gasteiger charge is 2.33. The van der Waals surface area contributed by atoms with Crippen molar-refractivity contribution in [1.82, 2.24) is 19.7 Å². The number of piperidine rings is 1. The first-order valence-corrected chi connectivity index (χ1v) is 9.10. The predicted molar refractivity (Wildman–Crippen MR) is 96.5 cm³/mol. The van der Waals surface area contributed by atoms with Crippen molar-refractivity contribution in [3.05, 3.63) is 71.5 Å². The third-order valence-corrected chi connectivity index (χ3v) is 4.93. The number of hydrogen-bond acceptors (Lipinski definition) is 4. The maximum Gasteiger partial charge on any atom is 0.272 e. The first-order chi connectivity index (χ1) is 13.1. The zero-order valence-electron chi connectivity index (χ0n) is 15.1. The SMILES string of the molecule is Cn1nccc1C(=O)N1CCCC[C@H]1c1ncc(Cc2cccc(F)c2)o1. The van der Waals surface area contributed by atoms with Gasteiger partial charge >= 0.3 is 0 Å². The Kier molecular flexibility index (Phi) is 4.75. The van der Waals surface area contributed by atoms with E-state index in [2.05, 4.69) is 10.1 Å². The zero-order chi connectivity index (χ0) is 18.8. The molecule has 1 amide bonds. The third kappa shape index (κ3) is 3.63. The van der Waals surface area contributed by atoms with Crippen molar-refractivity contribution in [2.75, 3.05) is 6.54 Å². The van der Waals surface area contributed by atoms with Gasteiger partial charge in [0.1, 0.15) is 23.3 Å². The standard InChI is InChI=1S/C20H21FN4O2/c1-24-18(8-9-23-24)20(26)25-10-3-2-7-17(25)19-22-13-16(27-19)12-14-5-4-6-15(21)11-14/h4-6,8-9,11,13,17H,2-3,7,10,12H2,1H3/t17-/m0/s1. The summed E-state index contributed by atoms with van der Waals surface area (Å²) in [4.78, 5) is 19.2. The second kappa shape index (κ2) is 7.34. The second-order valence-electron chi connectivity index (χ2n) is 6.82. The van der Waals surface area contributed by atoms with Crippen molar-refractivity contribution in [2.45, 2.75) is 31.7 Å². The third-order valence-electron chi connectivity index (χ3n) is 4.93. The smallest absolute Gasteiger partial charge is 0.272 e. The molecule has 1 aliphatic rings. The van der Waals surface area contributed by atoms with E-state index in [9.17, 15) is 9.18 Å². The van der Waals surface area contributed by atoms with Gasteiger partial charge in [0.25, 0.3) is 5.91 Å². The van der Waals surface area contributed by atoms with E-state index in [0.29, 0.717) is 30.3 Å². The molecule has 7 heteroatoms. The molecule has 140 valence electrons. The van der Waals surface area contributed by atoms with Gasteiger partial charge in [-0.1, -0.05) is 12.1 Å². The Hall–Kier alpha value is -2.96. The minimum atomic E-state index is -0.271. The fraction of sp³-hybridized carbons (Fsp3) is 0.350. The van der Waals surface area contributed by atoms with E-state index in [-0.39, 0.29) is 17.8 Å². The average molecular weight is 368 g/mol. The maximum atomic E-state index is 13.4. The summed E-state index contributed by atoms with van der Waals surface area (Å²) in [7, 11) is 1.76. The molecule has 27 heavy (non-hydrogen) atoms. The van der Waals surface area contributed by atoms with Gasteiger partial charge in [-0.25, -0.2) is 9.37 Å². The number of likely N-dealkylation sites (tertiary alicyclic amines) is 1. The van der Waals surface area contributed by atoms with Crippen molar-refractivity contribution >= 4 is 5.91 Å². The summed E-state index contributed by atoms with van der Waals surface area (Å²) in [5.41, 5.74) is 1.37. The van der Waals surface area contributed by atoms with E-state index >= 15 is 0 Å². The largest absolute Gasteiger partial charge is 0.443 e. The lowest BCUT2D eigenvalue weighted by Gasteiger charge is -2.33. The number of amides is 1. The summed E-state index contributed by atoms with van der Waals surface area (Å²) >= 11 is 0. The summed E-state index contributed by atoms with van der Waals surface area (Å²) in [5.74, 6) is 0.864. The molecule has 3 aromatic rings. The van der Waals surface area contributed by atoms with Gasteiger partial charge in [-0.3, -0.25) is 9.48 Å². The quantitative estimate of drug-likeness (QED) is 0.707. The van der Waals surface area contributed by atoms with Gasteiger partial charge in [0.15, 0.2) is 0 Å². The Morgan fingerprint density at radius 1 is 1.33 bits per heavy atom. The summed E-state index contributed by atoms with van der Waals surface area (Å²) in [6.45, 7) is 0.663. The fourth-order valence-corrected chi connectivity index (χ4v) is 3.57. The maximum absolute atomic E-state index is 13.4. The van der Waals surface area contributed by atoms with Crippen LogP contribution in [0.5, 0.6) is 0 Å². The molecular formula is C20H21FN4O2. The first-order valence-electron chi connectivity index (χ1n) is 9.10. The van der Waals surface area contributed by atoms with Crippen LogP contribution < -0.4 is 0 Å². The van der Waals surface area contributed by atoms with Crippen LogP contribution in [0, 0.1) is 5.82 Å². The van der Waals surface area contributed by atoms with Crippen LogP contribution in [0.2, 0.25) is 0 Å². The van der Waals surface area contributed by atoms with E-state index in [1.807, 2.05) is 11.0 Å². The van der Waals surface area contributed by atoms with E-state index in [1.165, 1.54) is 12.1 Å². The molecule has 1 atom stereocenters. The van der Waals surface area contributed by atoms with Crippen molar-refractivity contribution in [3.8, 4) is 0 Å². The molecule has 2 aromatic heterocycles. The number of aromatic nitrogens is 3. The minimum absolute atomic E-state index is 0.0652. The fourth-order valence-electron chi connectivity index (χ4n) is 3.57. The van der Waals surface area contributed by atoms with Crippen LogP contribution in [0.1, 0.15) is 53.0 Å². The lowest BCUT2D eigenvalue weighted by atomic mass is 10.0. The Balaban J connectivity index is 1.55. The highest BCUT2D eigenvalue weighted by molar-refractivity contribution is 5.92. The molecule has 1 aliphatic heterocycles. The number of halogens is 1. The Labute approximate surface area is 156 Å². The number of carbonyl (C=O) groups is 1. The highest BCUT2D eigenvalue weighted by atomic mass is 19.1. The topological polar surface area (TPSA) is 64.2 Å². The average Bonchev–Trinajstić information content (AvgIpc) is 3.30. The lowest BCUT2D eigenvalue weighted by molar-refractivity contribution is 0.0558. The van der Waals surface area contributed by atoms with Gasteiger partial charge in [0.2, 0.25) is 5.89 Å². The molecule has 6 nitrogen and oxygen atoms in total. The molecule has 0 spiro atoms. The van der Waals surface area contributed by atoms with E-state index in [4.69, 9.17) is 4.42 Å². The molecular weight excluding hydrogens is 347 g/mol. The van der Waals surface area contributed by atoms with Crippen LogP contribution >= 0.6 is 0 Å². The van der Waals surface area contributed by atoms with Crippen molar-refractivity contribution in [2.24, 2.45) is 7.05 Å². The van der Waals surface area contributed by atoms with Crippen LogP contribution in [0.15, 0.2) is 47.1 Å². The van der Waals surface area contributed by atoms with Gasteiger partial charge in [-0.2, -0.15) is 5.10 Å². The molecule has 0 aliphatic carbocycles. The Bertz CT molecular complexity index is 949. The van der Waals surface area contributed by atoms with Gasteiger partial charge in [-0.15, -0.1) is 0 Å². The normalized spacial score (nSPS) is 17.3. The minimum Gasteiger partial charge on any atom is -0.443 e. The van der Waals surface area contributed by atoms with E-state index in [1.54, 1.807) is 36.3 Å². The zero-order valence-corrected chi connectivity index (χ0v) is 15.1. The monoisotopic (exact) mass is 368 g/mol.